The molecule has 2 unspecified atom stereocenters. The van der Waals surface area contributed by atoms with E-state index in [2.05, 4.69) is 29.1 Å². The summed E-state index contributed by atoms with van der Waals surface area (Å²) in [6.07, 6.45) is 0.844. The highest BCUT2D eigenvalue weighted by molar-refractivity contribution is 4.79. The van der Waals surface area contributed by atoms with Crippen molar-refractivity contribution >= 4 is 0 Å². The third-order valence-electron chi connectivity index (χ3n) is 3.41. The van der Waals surface area contributed by atoms with Crippen molar-refractivity contribution < 1.29 is 5.11 Å². The van der Waals surface area contributed by atoms with Crippen LogP contribution < -0.4 is 5.32 Å². The van der Waals surface area contributed by atoms with E-state index in [1.54, 1.807) is 0 Å². The average molecular weight is 215 g/mol. The highest BCUT2D eigenvalue weighted by Gasteiger charge is 2.22. The standard InChI is InChI=1S/C11H25N3O/c1-10-8-14(6-5-13(10)3)9-11(12-2)4-7-15/h10-12,15H,4-9H2,1-3H3. The summed E-state index contributed by atoms with van der Waals surface area (Å²) in [5.41, 5.74) is 0. The molecule has 1 saturated heterocycles. The molecule has 0 aliphatic carbocycles. The third-order valence-corrected chi connectivity index (χ3v) is 3.41. The van der Waals surface area contributed by atoms with Crippen LogP contribution >= 0.6 is 0 Å². The van der Waals surface area contributed by atoms with Gasteiger partial charge in [0.15, 0.2) is 0 Å². The van der Waals surface area contributed by atoms with E-state index in [9.17, 15) is 0 Å². The van der Waals surface area contributed by atoms with E-state index in [1.165, 1.54) is 0 Å². The van der Waals surface area contributed by atoms with Crippen molar-refractivity contribution in [1.82, 2.24) is 15.1 Å². The van der Waals surface area contributed by atoms with Crippen LogP contribution in [-0.2, 0) is 0 Å². The molecular weight excluding hydrogens is 190 g/mol. The summed E-state index contributed by atoms with van der Waals surface area (Å²) in [4.78, 5) is 4.89. The van der Waals surface area contributed by atoms with Crippen molar-refractivity contribution in [3.8, 4) is 0 Å². The highest BCUT2D eigenvalue weighted by atomic mass is 16.3. The van der Waals surface area contributed by atoms with Crippen LogP contribution in [0.5, 0.6) is 0 Å². The van der Waals surface area contributed by atoms with Crippen LogP contribution in [0.2, 0.25) is 0 Å². The molecule has 0 amide bonds. The lowest BCUT2D eigenvalue weighted by Gasteiger charge is -2.39. The Bertz CT molecular complexity index is 177. The minimum atomic E-state index is 0.273. The Balaban J connectivity index is 2.31. The van der Waals surface area contributed by atoms with Crippen LogP contribution in [0.25, 0.3) is 0 Å². The molecule has 1 heterocycles. The van der Waals surface area contributed by atoms with Gasteiger partial charge < -0.3 is 15.3 Å². The van der Waals surface area contributed by atoms with E-state index in [-0.39, 0.29) is 6.61 Å². The molecule has 0 spiro atoms. The predicted molar refractivity (Wildman–Crippen MR) is 63.1 cm³/mol. The Morgan fingerprint density at radius 1 is 1.47 bits per heavy atom. The molecule has 0 bridgehead atoms. The molecular formula is C11H25N3O. The Hall–Kier alpha value is -0.160. The first-order valence-corrected chi connectivity index (χ1v) is 5.88. The van der Waals surface area contributed by atoms with Gasteiger partial charge in [-0.2, -0.15) is 0 Å². The molecule has 15 heavy (non-hydrogen) atoms. The monoisotopic (exact) mass is 215 g/mol. The lowest BCUT2D eigenvalue weighted by atomic mass is 10.1. The number of likely N-dealkylation sites (N-methyl/N-ethyl adjacent to an activating group) is 2. The molecule has 0 saturated carbocycles. The average Bonchev–Trinajstić information content (AvgIpc) is 2.23. The van der Waals surface area contributed by atoms with Crippen molar-refractivity contribution in [3.05, 3.63) is 0 Å². The largest absolute Gasteiger partial charge is 0.396 e. The first kappa shape index (κ1) is 12.9. The zero-order valence-electron chi connectivity index (χ0n) is 10.2. The van der Waals surface area contributed by atoms with Crippen LogP contribution in [0.3, 0.4) is 0 Å². The van der Waals surface area contributed by atoms with E-state index < -0.39 is 0 Å². The Labute approximate surface area is 93.2 Å². The number of aliphatic hydroxyl groups is 1. The zero-order valence-corrected chi connectivity index (χ0v) is 10.2. The zero-order chi connectivity index (χ0) is 11.3. The quantitative estimate of drug-likeness (QED) is 0.654. The number of nitrogens with one attached hydrogen (secondary N) is 1. The summed E-state index contributed by atoms with van der Waals surface area (Å²) in [5.74, 6) is 0. The lowest BCUT2D eigenvalue weighted by Crippen LogP contribution is -2.53. The maximum atomic E-state index is 8.92. The summed E-state index contributed by atoms with van der Waals surface area (Å²) in [6.45, 7) is 7.03. The van der Waals surface area contributed by atoms with Gasteiger partial charge in [0.25, 0.3) is 0 Å². The fourth-order valence-electron chi connectivity index (χ4n) is 2.08. The molecule has 1 aliphatic heterocycles. The van der Waals surface area contributed by atoms with E-state index >= 15 is 0 Å². The molecule has 1 aliphatic rings. The third kappa shape index (κ3) is 4.07. The minimum absolute atomic E-state index is 0.273. The molecule has 0 aromatic rings. The molecule has 1 fully saturated rings. The van der Waals surface area contributed by atoms with Crippen LogP contribution in [0, 0.1) is 0 Å². The van der Waals surface area contributed by atoms with Crippen LogP contribution in [0.15, 0.2) is 0 Å². The molecule has 2 N–H and O–H groups in total. The minimum Gasteiger partial charge on any atom is -0.396 e. The number of aliphatic hydroxyl groups excluding tert-OH is 1. The fourth-order valence-corrected chi connectivity index (χ4v) is 2.08. The van der Waals surface area contributed by atoms with Gasteiger partial charge in [-0.15, -0.1) is 0 Å². The Morgan fingerprint density at radius 2 is 2.20 bits per heavy atom. The Kier molecular flexibility index (Phi) is 5.53. The van der Waals surface area contributed by atoms with Crippen molar-refractivity contribution in [2.24, 2.45) is 0 Å². The van der Waals surface area contributed by atoms with Crippen molar-refractivity contribution in [3.63, 3.8) is 0 Å². The van der Waals surface area contributed by atoms with Gasteiger partial charge in [-0.25, -0.2) is 0 Å². The van der Waals surface area contributed by atoms with E-state index in [1.807, 2.05) is 7.05 Å². The molecule has 4 nitrogen and oxygen atoms in total. The van der Waals surface area contributed by atoms with Crippen LogP contribution in [0.1, 0.15) is 13.3 Å². The van der Waals surface area contributed by atoms with Gasteiger partial charge in [0.05, 0.1) is 0 Å². The van der Waals surface area contributed by atoms with E-state index in [0.29, 0.717) is 12.1 Å². The van der Waals surface area contributed by atoms with E-state index in [4.69, 9.17) is 5.11 Å². The Morgan fingerprint density at radius 3 is 2.73 bits per heavy atom. The van der Waals surface area contributed by atoms with Crippen molar-refractivity contribution in [2.45, 2.75) is 25.4 Å². The van der Waals surface area contributed by atoms with Crippen LogP contribution in [0.4, 0.5) is 0 Å². The van der Waals surface area contributed by atoms with Gasteiger partial charge >= 0.3 is 0 Å². The van der Waals surface area contributed by atoms with Gasteiger partial charge in [-0.1, -0.05) is 0 Å². The van der Waals surface area contributed by atoms with E-state index in [0.717, 1.165) is 32.6 Å². The van der Waals surface area contributed by atoms with Gasteiger partial charge in [0, 0.05) is 44.9 Å². The maximum absolute atomic E-state index is 8.92. The first-order chi connectivity index (χ1) is 7.17. The molecule has 0 aromatic carbocycles. The fraction of sp³-hybridized carbons (Fsp3) is 1.00. The summed E-state index contributed by atoms with van der Waals surface area (Å²) < 4.78 is 0. The normalized spacial score (nSPS) is 26.8. The topological polar surface area (TPSA) is 38.7 Å². The number of rotatable bonds is 5. The van der Waals surface area contributed by atoms with Crippen molar-refractivity contribution in [1.29, 1.82) is 0 Å². The van der Waals surface area contributed by atoms with Crippen molar-refractivity contribution in [2.75, 3.05) is 46.9 Å². The maximum Gasteiger partial charge on any atom is 0.0446 e. The summed E-state index contributed by atoms with van der Waals surface area (Å²) >= 11 is 0. The summed E-state index contributed by atoms with van der Waals surface area (Å²) in [5, 5.41) is 12.2. The van der Waals surface area contributed by atoms with Gasteiger partial charge in [0.1, 0.15) is 0 Å². The summed E-state index contributed by atoms with van der Waals surface area (Å²) in [6, 6.07) is 1.07. The number of hydrogen-bond donors (Lipinski definition) is 2. The van der Waals surface area contributed by atoms with Gasteiger partial charge in [-0.05, 0) is 27.4 Å². The van der Waals surface area contributed by atoms with Gasteiger partial charge in [-0.3, -0.25) is 4.90 Å². The number of hydrogen-bond acceptors (Lipinski definition) is 4. The molecule has 0 aromatic heterocycles. The SMILES string of the molecule is CNC(CCO)CN1CCN(C)C(C)C1. The highest BCUT2D eigenvalue weighted by Crippen LogP contribution is 2.08. The molecule has 90 valence electrons. The molecule has 2 atom stereocenters. The second-order valence-corrected chi connectivity index (χ2v) is 4.59. The second kappa shape index (κ2) is 6.43. The predicted octanol–water partition coefficient (Wildman–Crippen LogP) is -0.407. The second-order valence-electron chi connectivity index (χ2n) is 4.59. The smallest absolute Gasteiger partial charge is 0.0446 e. The molecule has 4 heteroatoms. The molecule has 0 radical (unpaired) electrons. The van der Waals surface area contributed by atoms with Gasteiger partial charge in [0.2, 0.25) is 0 Å². The summed E-state index contributed by atoms with van der Waals surface area (Å²) in [7, 11) is 4.16. The van der Waals surface area contributed by atoms with Crippen LogP contribution in [-0.4, -0.2) is 73.9 Å². The number of piperazine rings is 1. The lowest BCUT2D eigenvalue weighted by molar-refractivity contribution is 0.0943. The number of nitrogens with zero attached hydrogens (tertiary/aromatic N) is 2. The molecule has 1 rings (SSSR count). The first-order valence-electron chi connectivity index (χ1n) is 5.88.